The summed E-state index contributed by atoms with van der Waals surface area (Å²) in [6.45, 7) is 2.55. The number of nitrogens with one attached hydrogen (secondary N) is 2. The van der Waals surface area contributed by atoms with Crippen LogP contribution in [0.15, 0.2) is 60.7 Å². The number of carbonyl (C=O) groups excluding carboxylic acids is 3. The van der Waals surface area contributed by atoms with Gasteiger partial charge in [-0.15, -0.1) is 0 Å². The van der Waals surface area contributed by atoms with Gasteiger partial charge in [-0.2, -0.15) is 0 Å². The van der Waals surface area contributed by atoms with Gasteiger partial charge in [-0.25, -0.2) is 0 Å². The van der Waals surface area contributed by atoms with Crippen LogP contribution in [0.25, 0.3) is 0 Å². The highest BCUT2D eigenvalue weighted by atomic mass is 16.2. The first-order chi connectivity index (χ1) is 14.0. The molecule has 29 heavy (non-hydrogen) atoms. The zero-order chi connectivity index (χ0) is 20.6. The number of likely N-dealkylation sites (tertiary alicyclic amines) is 1. The third-order valence-electron chi connectivity index (χ3n) is 5.22. The van der Waals surface area contributed by atoms with E-state index in [0.29, 0.717) is 25.9 Å². The fourth-order valence-corrected chi connectivity index (χ4v) is 3.64. The monoisotopic (exact) mass is 393 g/mol. The van der Waals surface area contributed by atoms with Crippen LogP contribution < -0.4 is 10.6 Å². The van der Waals surface area contributed by atoms with Crippen LogP contribution in [0, 0.1) is 5.92 Å². The lowest BCUT2D eigenvalue weighted by Crippen LogP contribution is -2.43. The second-order valence-electron chi connectivity index (χ2n) is 7.38. The van der Waals surface area contributed by atoms with E-state index in [4.69, 9.17) is 0 Å². The molecule has 0 saturated carbocycles. The molecule has 1 aliphatic heterocycles. The highest BCUT2D eigenvalue weighted by molar-refractivity contribution is 5.92. The van der Waals surface area contributed by atoms with E-state index in [1.54, 1.807) is 4.90 Å². The van der Waals surface area contributed by atoms with Crippen LogP contribution in [0.3, 0.4) is 0 Å². The molecule has 1 atom stereocenters. The van der Waals surface area contributed by atoms with Crippen molar-refractivity contribution in [3.63, 3.8) is 0 Å². The van der Waals surface area contributed by atoms with E-state index in [1.807, 2.05) is 60.7 Å². The second kappa shape index (κ2) is 9.87. The predicted molar refractivity (Wildman–Crippen MR) is 112 cm³/mol. The van der Waals surface area contributed by atoms with Gasteiger partial charge in [0.1, 0.15) is 0 Å². The summed E-state index contributed by atoms with van der Waals surface area (Å²) in [5.74, 6) is -0.263. The maximum atomic E-state index is 12.8. The minimum Gasteiger partial charge on any atom is -0.349 e. The van der Waals surface area contributed by atoms with Gasteiger partial charge in [0.05, 0.1) is 12.5 Å². The first-order valence-electron chi connectivity index (χ1n) is 9.98. The average Bonchev–Trinajstić information content (AvgIpc) is 2.74. The smallest absolute Gasteiger partial charge is 0.227 e. The van der Waals surface area contributed by atoms with E-state index >= 15 is 0 Å². The SMILES string of the molecule is CC(=O)NC(CC(=O)N1CCC(C(=O)Nc2ccccc2)CC1)c1ccccc1. The Balaban J connectivity index is 1.53. The number of hydrogen-bond acceptors (Lipinski definition) is 3. The number of hydrogen-bond donors (Lipinski definition) is 2. The first kappa shape index (κ1) is 20.6. The average molecular weight is 393 g/mol. The second-order valence-corrected chi connectivity index (χ2v) is 7.38. The third kappa shape index (κ3) is 5.91. The predicted octanol–water partition coefficient (Wildman–Crippen LogP) is 3.13. The molecule has 2 aromatic rings. The molecule has 6 heteroatoms. The van der Waals surface area contributed by atoms with Gasteiger partial charge in [0.15, 0.2) is 0 Å². The van der Waals surface area contributed by atoms with E-state index in [2.05, 4.69) is 10.6 Å². The number of rotatable bonds is 6. The first-order valence-corrected chi connectivity index (χ1v) is 9.98. The van der Waals surface area contributed by atoms with Gasteiger partial charge in [-0.1, -0.05) is 48.5 Å². The van der Waals surface area contributed by atoms with Gasteiger partial charge in [0.2, 0.25) is 17.7 Å². The molecular formula is C23H27N3O3. The summed E-state index contributed by atoms with van der Waals surface area (Å²) in [5.41, 5.74) is 1.70. The standard InChI is InChI=1S/C23H27N3O3/c1-17(27)24-21(18-8-4-2-5-9-18)16-22(28)26-14-12-19(13-15-26)23(29)25-20-10-6-3-7-11-20/h2-11,19,21H,12-16H2,1H3,(H,24,27)(H,25,29). The lowest BCUT2D eigenvalue weighted by Gasteiger charge is -2.32. The van der Waals surface area contributed by atoms with Crippen molar-refractivity contribution in [2.45, 2.75) is 32.2 Å². The lowest BCUT2D eigenvalue weighted by atomic mass is 9.95. The molecule has 0 aromatic heterocycles. The molecule has 0 radical (unpaired) electrons. The highest BCUT2D eigenvalue weighted by Crippen LogP contribution is 2.23. The van der Waals surface area contributed by atoms with Crippen LogP contribution in [-0.4, -0.2) is 35.7 Å². The normalized spacial score (nSPS) is 15.4. The van der Waals surface area contributed by atoms with Crippen LogP contribution >= 0.6 is 0 Å². The van der Waals surface area contributed by atoms with Crippen LogP contribution in [-0.2, 0) is 14.4 Å². The van der Waals surface area contributed by atoms with Crippen molar-refractivity contribution in [1.29, 1.82) is 0 Å². The number of benzene rings is 2. The van der Waals surface area contributed by atoms with E-state index in [1.165, 1.54) is 6.92 Å². The number of nitrogens with zero attached hydrogens (tertiary/aromatic N) is 1. The molecule has 3 rings (SSSR count). The van der Waals surface area contributed by atoms with E-state index in [0.717, 1.165) is 11.3 Å². The maximum Gasteiger partial charge on any atom is 0.227 e. The Bertz CT molecular complexity index is 831. The van der Waals surface area contributed by atoms with Gasteiger partial charge in [0, 0.05) is 31.6 Å². The Kier molecular flexibility index (Phi) is 7.00. The van der Waals surface area contributed by atoms with Crippen LogP contribution in [0.1, 0.15) is 37.8 Å². The molecule has 2 aromatic carbocycles. The van der Waals surface area contributed by atoms with Crippen molar-refractivity contribution in [3.8, 4) is 0 Å². The lowest BCUT2D eigenvalue weighted by molar-refractivity contribution is -0.135. The number of piperidine rings is 1. The summed E-state index contributed by atoms with van der Waals surface area (Å²) < 4.78 is 0. The number of para-hydroxylation sites is 1. The van der Waals surface area contributed by atoms with Crippen molar-refractivity contribution in [2.75, 3.05) is 18.4 Å². The minimum absolute atomic E-state index is 0.00343. The van der Waals surface area contributed by atoms with Crippen molar-refractivity contribution >= 4 is 23.4 Å². The molecule has 0 bridgehead atoms. The Labute approximate surface area is 171 Å². The Hall–Kier alpha value is -3.15. The summed E-state index contributed by atoms with van der Waals surface area (Å²) in [5, 5.41) is 5.81. The fraction of sp³-hybridized carbons (Fsp3) is 0.348. The Morgan fingerprint density at radius 3 is 2.14 bits per heavy atom. The number of anilines is 1. The van der Waals surface area contributed by atoms with Gasteiger partial charge in [-0.05, 0) is 30.5 Å². The van der Waals surface area contributed by atoms with Gasteiger partial charge < -0.3 is 15.5 Å². The van der Waals surface area contributed by atoms with E-state index < -0.39 is 0 Å². The molecule has 1 aliphatic rings. The zero-order valence-corrected chi connectivity index (χ0v) is 16.6. The van der Waals surface area contributed by atoms with Crippen LogP contribution in [0.2, 0.25) is 0 Å². The van der Waals surface area contributed by atoms with Gasteiger partial charge in [0.25, 0.3) is 0 Å². The van der Waals surface area contributed by atoms with E-state index in [9.17, 15) is 14.4 Å². The topological polar surface area (TPSA) is 78.5 Å². The summed E-state index contributed by atoms with van der Waals surface area (Å²) >= 11 is 0. The third-order valence-corrected chi connectivity index (χ3v) is 5.22. The molecule has 1 saturated heterocycles. The highest BCUT2D eigenvalue weighted by Gasteiger charge is 2.29. The largest absolute Gasteiger partial charge is 0.349 e. The Morgan fingerprint density at radius 2 is 1.55 bits per heavy atom. The molecule has 152 valence electrons. The van der Waals surface area contributed by atoms with Crippen LogP contribution in [0.5, 0.6) is 0 Å². The summed E-state index contributed by atoms with van der Waals surface area (Å²) in [7, 11) is 0. The van der Waals surface area contributed by atoms with Crippen LogP contribution in [0.4, 0.5) is 5.69 Å². The fourth-order valence-electron chi connectivity index (χ4n) is 3.64. The minimum atomic E-state index is -0.347. The van der Waals surface area contributed by atoms with Crippen molar-refractivity contribution < 1.29 is 14.4 Å². The molecular weight excluding hydrogens is 366 g/mol. The van der Waals surface area contributed by atoms with Gasteiger partial charge >= 0.3 is 0 Å². The molecule has 1 unspecified atom stereocenters. The quantitative estimate of drug-likeness (QED) is 0.791. The Morgan fingerprint density at radius 1 is 0.966 bits per heavy atom. The summed E-state index contributed by atoms with van der Waals surface area (Å²) in [4.78, 5) is 38.6. The molecule has 2 N–H and O–H groups in total. The summed E-state index contributed by atoms with van der Waals surface area (Å²) in [6.07, 6.45) is 1.49. The summed E-state index contributed by atoms with van der Waals surface area (Å²) in [6, 6.07) is 18.6. The van der Waals surface area contributed by atoms with Crippen molar-refractivity contribution in [2.24, 2.45) is 5.92 Å². The zero-order valence-electron chi connectivity index (χ0n) is 16.6. The molecule has 1 heterocycles. The number of carbonyl (C=O) groups is 3. The van der Waals surface area contributed by atoms with Crippen molar-refractivity contribution in [1.82, 2.24) is 10.2 Å². The molecule has 0 aliphatic carbocycles. The molecule has 0 spiro atoms. The maximum absolute atomic E-state index is 12.8. The molecule has 1 fully saturated rings. The number of amides is 3. The van der Waals surface area contributed by atoms with Crippen molar-refractivity contribution in [3.05, 3.63) is 66.2 Å². The molecule has 3 amide bonds. The van der Waals surface area contributed by atoms with Gasteiger partial charge in [-0.3, -0.25) is 14.4 Å². The molecule has 6 nitrogen and oxygen atoms in total. The van der Waals surface area contributed by atoms with E-state index in [-0.39, 0.29) is 36.1 Å².